The summed E-state index contributed by atoms with van der Waals surface area (Å²) >= 11 is 0. The summed E-state index contributed by atoms with van der Waals surface area (Å²) in [6.45, 7) is 4.08. The molecule has 0 atom stereocenters. The fraction of sp³-hybridized carbons (Fsp3) is 0.474. The lowest BCUT2D eigenvalue weighted by Gasteiger charge is -2.26. The topological polar surface area (TPSA) is 107 Å². The smallest absolute Gasteiger partial charge is 0.284 e. The molecule has 1 aliphatic rings. The number of nitrogens with one attached hydrogen (secondary N) is 1. The molecule has 0 aliphatic carbocycles. The third-order valence-electron chi connectivity index (χ3n) is 4.64. The highest BCUT2D eigenvalue weighted by Gasteiger charge is 2.13. The minimum Gasteiger partial charge on any atom is -0.711 e. The van der Waals surface area contributed by atoms with E-state index in [0.717, 1.165) is 25.8 Å². The first-order valence-electron chi connectivity index (χ1n) is 9.53. The Hall–Kier alpha value is -2.94. The van der Waals surface area contributed by atoms with Crippen molar-refractivity contribution < 1.29 is 14.4 Å². The lowest BCUT2D eigenvalue weighted by Crippen LogP contribution is -2.30. The second kappa shape index (κ2) is 9.84. The highest BCUT2D eigenvalue weighted by Crippen LogP contribution is 2.16. The fourth-order valence-electron chi connectivity index (χ4n) is 3.19. The number of piperidine rings is 1. The average Bonchev–Trinajstić information content (AvgIpc) is 2.70. The number of anilines is 1. The van der Waals surface area contributed by atoms with Crippen molar-refractivity contribution in [2.45, 2.75) is 32.2 Å². The Balaban J connectivity index is 1.42. The summed E-state index contributed by atoms with van der Waals surface area (Å²) in [5, 5.41) is 25.4. The number of likely N-dealkylation sites (tertiary alicyclic amines) is 1. The van der Waals surface area contributed by atoms with Gasteiger partial charge in [0.25, 0.3) is 11.5 Å². The minimum atomic E-state index is -0.531. The fourth-order valence-corrected chi connectivity index (χ4v) is 3.19. The van der Waals surface area contributed by atoms with E-state index in [2.05, 4.69) is 15.2 Å². The second-order valence-electron chi connectivity index (χ2n) is 6.82. The third-order valence-corrected chi connectivity index (χ3v) is 4.64. The van der Waals surface area contributed by atoms with E-state index < -0.39 is 4.92 Å². The first-order valence-corrected chi connectivity index (χ1v) is 9.53. The second-order valence-corrected chi connectivity index (χ2v) is 6.82. The zero-order chi connectivity index (χ0) is 19.8. The molecule has 3 rings (SSSR count). The van der Waals surface area contributed by atoms with Gasteiger partial charge in [0.15, 0.2) is 0 Å². The Morgan fingerprint density at radius 1 is 1.25 bits per heavy atom. The van der Waals surface area contributed by atoms with Gasteiger partial charge in [-0.05, 0) is 37.6 Å². The lowest BCUT2D eigenvalue weighted by atomic mass is 10.1. The number of hydrogen-bond acceptors (Lipinski definition) is 7. The van der Waals surface area contributed by atoms with Crippen molar-refractivity contribution in [3.63, 3.8) is 0 Å². The van der Waals surface area contributed by atoms with Crippen LogP contribution in [0.5, 0.6) is 5.88 Å². The highest BCUT2D eigenvalue weighted by molar-refractivity contribution is 5.40. The first kappa shape index (κ1) is 19.8. The Labute approximate surface area is 163 Å². The number of hydrogen-bond donors (Lipinski definition) is 1. The number of aromatic nitrogens is 2. The maximum absolute atomic E-state index is 11.7. The average molecular weight is 387 g/mol. The SMILES string of the molecule is O=[N+]([O-])c1cc[n+]([O-])c(NCCCOc2cc(CN3CCCCC3)ccn2)c1. The molecular formula is C19H25N5O4. The Bertz CT molecular complexity index is 796. The van der Waals surface area contributed by atoms with Gasteiger partial charge in [-0.25, -0.2) is 9.71 Å². The molecule has 0 radical (unpaired) electrons. The Morgan fingerprint density at radius 2 is 2.07 bits per heavy atom. The summed E-state index contributed by atoms with van der Waals surface area (Å²) in [4.78, 5) is 16.9. The van der Waals surface area contributed by atoms with Crippen LogP contribution in [0.4, 0.5) is 11.5 Å². The summed E-state index contributed by atoms with van der Waals surface area (Å²) < 4.78 is 6.27. The van der Waals surface area contributed by atoms with Gasteiger partial charge in [-0.2, -0.15) is 0 Å². The van der Waals surface area contributed by atoms with Crippen LogP contribution in [0.3, 0.4) is 0 Å². The highest BCUT2D eigenvalue weighted by atomic mass is 16.6. The van der Waals surface area contributed by atoms with Gasteiger partial charge in [0.1, 0.15) is 12.3 Å². The molecule has 2 aromatic rings. The van der Waals surface area contributed by atoms with Crippen LogP contribution in [0.25, 0.3) is 0 Å². The van der Waals surface area contributed by atoms with Gasteiger partial charge < -0.3 is 9.94 Å². The number of pyridine rings is 2. The van der Waals surface area contributed by atoms with E-state index in [4.69, 9.17) is 4.74 Å². The molecule has 28 heavy (non-hydrogen) atoms. The van der Waals surface area contributed by atoms with Crippen molar-refractivity contribution >= 4 is 11.5 Å². The summed E-state index contributed by atoms with van der Waals surface area (Å²) in [6.07, 6.45) is 7.34. The zero-order valence-corrected chi connectivity index (χ0v) is 15.7. The van der Waals surface area contributed by atoms with Crippen molar-refractivity contribution in [3.8, 4) is 5.88 Å². The van der Waals surface area contributed by atoms with Crippen LogP contribution in [0.2, 0.25) is 0 Å². The molecule has 1 aliphatic heterocycles. The van der Waals surface area contributed by atoms with Gasteiger partial charge in [-0.1, -0.05) is 6.42 Å². The molecule has 0 aromatic carbocycles. The van der Waals surface area contributed by atoms with Crippen molar-refractivity contribution in [2.24, 2.45) is 0 Å². The standard InChI is InChI=1S/C19H25N5O4/c25-23-11-6-17(24(26)27)14-18(23)20-7-4-12-28-19-13-16(5-8-21-19)15-22-9-2-1-3-10-22/h5-6,8,11,13-14,20H,1-4,7,9-10,12,15H2. The van der Waals surface area contributed by atoms with Crippen molar-refractivity contribution in [2.75, 3.05) is 31.6 Å². The van der Waals surface area contributed by atoms with E-state index in [-0.39, 0.29) is 11.5 Å². The Morgan fingerprint density at radius 3 is 2.86 bits per heavy atom. The van der Waals surface area contributed by atoms with Crippen LogP contribution in [-0.4, -0.2) is 41.0 Å². The van der Waals surface area contributed by atoms with Gasteiger partial charge in [-0.3, -0.25) is 20.3 Å². The molecule has 3 heterocycles. The molecule has 150 valence electrons. The van der Waals surface area contributed by atoms with Crippen molar-refractivity contribution in [3.05, 3.63) is 57.5 Å². The quantitative estimate of drug-likeness (QED) is 0.231. The molecular weight excluding hydrogens is 362 g/mol. The molecule has 0 saturated carbocycles. The summed E-state index contributed by atoms with van der Waals surface area (Å²) in [6, 6.07) is 6.37. The van der Waals surface area contributed by atoms with Crippen molar-refractivity contribution in [1.29, 1.82) is 0 Å². The normalized spacial score (nSPS) is 14.6. The third kappa shape index (κ3) is 5.78. The van der Waals surface area contributed by atoms with Gasteiger partial charge in [0.05, 0.1) is 24.1 Å². The van der Waals surface area contributed by atoms with Gasteiger partial charge >= 0.3 is 0 Å². The van der Waals surface area contributed by atoms with E-state index in [1.54, 1.807) is 6.20 Å². The largest absolute Gasteiger partial charge is 0.711 e. The number of nitro groups is 1. The number of ether oxygens (including phenoxy) is 1. The van der Waals surface area contributed by atoms with E-state index >= 15 is 0 Å². The summed E-state index contributed by atoms with van der Waals surface area (Å²) in [5.41, 5.74) is 1.06. The monoisotopic (exact) mass is 387 g/mol. The van der Waals surface area contributed by atoms with Crippen LogP contribution >= 0.6 is 0 Å². The minimum absolute atomic E-state index is 0.124. The summed E-state index contributed by atoms with van der Waals surface area (Å²) in [7, 11) is 0. The van der Waals surface area contributed by atoms with E-state index in [1.165, 1.54) is 37.0 Å². The maximum Gasteiger partial charge on any atom is 0.284 e. The summed E-state index contributed by atoms with van der Waals surface area (Å²) in [5.74, 6) is 0.736. The van der Waals surface area contributed by atoms with Crippen LogP contribution in [0.1, 0.15) is 31.2 Å². The van der Waals surface area contributed by atoms with Crippen LogP contribution in [0.15, 0.2) is 36.7 Å². The van der Waals surface area contributed by atoms with Gasteiger partial charge in [0.2, 0.25) is 5.88 Å². The molecule has 1 fully saturated rings. The van der Waals surface area contributed by atoms with Crippen LogP contribution in [-0.2, 0) is 6.54 Å². The number of nitrogens with zero attached hydrogens (tertiary/aromatic N) is 4. The van der Waals surface area contributed by atoms with E-state index in [1.807, 2.05) is 12.1 Å². The maximum atomic E-state index is 11.7. The number of rotatable bonds is 9. The molecule has 2 aromatic heterocycles. The molecule has 9 heteroatoms. The molecule has 0 amide bonds. The van der Waals surface area contributed by atoms with Crippen LogP contribution in [0, 0.1) is 15.3 Å². The molecule has 1 saturated heterocycles. The molecule has 0 spiro atoms. The zero-order valence-electron chi connectivity index (χ0n) is 15.7. The first-order chi connectivity index (χ1) is 13.6. The van der Waals surface area contributed by atoms with Crippen molar-refractivity contribution in [1.82, 2.24) is 9.88 Å². The van der Waals surface area contributed by atoms with Gasteiger partial charge in [-0.15, -0.1) is 0 Å². The molecule has 9 nitrogen and oxygen atoms in total. The van der Waals surface area contributed by atoms with E-state index in [0.29, 0.717) is 30.2 Å². The molecule has 0 bridgehead atoms. The Kier molecular flexibility index (Phi) is 6.96. The predicted octanol–water partition coefficient (Wildman–Crippen LogP) is 2.49. The van der Waals surface area contributed by atoms with E-state index in [9.17, 15) is 15.3 Å². The lowest BCUT2D eigenvalue weighted by molar-refractivity contribution is -0.591. The van der Waals surface area contributed by atoms with Crippen LogP contribution < -0.4 is 14.8 Å². The predicted molar refractivity (Wildman–Crippen MR) is 104 cm³/mol. The molecule has 1 N–H and O–H groups in total. The molecule has 0 unspecified atom stereocenters. The van der Waals surface area contributed by atoms with Gasteiger partial charge in [0, 0.05) is 25.2 Å².